The molecule has 1 unspecified atom stereocenters. The summed E-state index contributed by atoms with van der Waals surface area (Å²) >= 11 is 1.60. The van der Waals surface area contributed by atoms with Crippen LogP contribution in [0, 0.1) is 13.8 Å². The van der Waals surface area contributed by atoms with Crippen molar-refractivity contribution in [3.63, 3.8) is 0 Å². The van der Waals surface area contributed by atoms with E-state index in [1.807, 2.05) is 38.1 Å². The molecule has 1 atom stereocenters. The SMILES string of the molecule is Cc1ccc(C(N)C(=O)N(C)Cc2cnc(C)s2)cc1. The average molecular weight is 289 g/mol. The fourth-order valence-electron chi connectivity index (χ4n) is 1.94. The van der Waals surface area contributed by atoms with Crippen molar-refractivity contribution in [1.82, 2.24) is 9.88 Å². The normalized spacial score (nSPS) is 12.2. The molecule has 2 rings (SSSR count). The van der Waals surface area contributed by atoms with Gasteiger partial charge >= 0.3 is 0 Å². The Balaban J connectivity index is 2.04. The Bertz CT molecular complexity index is 591. The molecule has 1 amide bonds. The second-order valence-electron chi connectivity index (χ2n) is 4.93. The summed E-state index contributed by atoms with van der Waals surface area (Å²) in [6.07, 6.45) is 1.81. The van der Waals surface area contributed by atoms with Gasteiger partial charge in [0.25, 0.3) is 0 Å². The van der Waals surface area contributed by atoms with Gasteiger partial charge in [0.05, 0.1) is 11.6 Å². The summed E-state index contributed by atoms with van der Waals surface area (Å²) < 4.78 is 0. The van der Waals surface area contributed by atoms with E-state index < -0.39 is 6.04 Å². The summed E-state index contributed by atoms with van der Waals surface area (Å²) in [6, 6.07) is 7.13. The minimum absolute atomic E-state index is 0.0834. The molecule has 4 nitrogen and oxygen atoms in total. The number of benzene rings is 1. The van der Waals surface area contributed by atoms with E-state index in [1.165, 1.54) is 0 Å². The molecule has 2 aromatic rings. The summed E-state index contributed by atoms with van der Waals surface area (Å²) in [7, 11) is 1.77. The third-order valence-electron chi connectivity index (χ3n) is 3.14. The molecule has 1 heterocycles. The first kappa shape index (κ1) is 14.7. The van der Waals surface area contributed by atoms with Crippen molar-refractivity contribution in [3.8, 4) is 0 Å². The second-order valence-corrected chi connectivity index (χ2v) is 6.25. The van der Waals surface area contributed by atoms with Crippen molar-refractivity contribution in [2.24, 2.45) is 5.73 Å². The number of aromatic nitrogens is 1. The Morgan fingerprint density at radius 1 is 1.35 bits per heavy atom. The smallest absolute Gasteiger partial charge is 0.244 e. The van der Waals surface area contributed by atoms with Crippen LogP contribution in [0.1, 0.15) is 27.1 Å². The van der Waals surface area contributed by atoms with Crippen molar-refractivity contribution < 1.29 is 4.79 Å². The molecule has 0 aliphatic rings. The van der Waals surface area contributed by atoms with E-state index in [9.17, 15) is 4.79 Å². The topological polar surface area (TPSA) is 59.2 Å². The van der Waals surface area contributed by atoms with Gasteiger partial charge < -0.3 is 10.6 Å². The minimum atomic E-state index is -0.616. The molecule has 0 spiro atoms. The van der Waals surface area contributed by atoms with Gasteiger partial charge in [-0.15, -0.1) is 11.3 Å². The van der Waals surface area contributed by atoms with Gasteiger partial charge in [0.15, 0.2) is 0 Å². The molecule has 0 bridgehead atoms. The highest BCUT2D eigenvalue weighted by atomic mass is 32.1. The largest absolute Gasteiger partial charge is 0.339 e. The second kappa shape index (κ2) is 6.15. The fourth-order valence-corrected chi connectivity index (χ4v) is 2.79. The predicted molar refractivity (Wildman–Crippen MR) is 81.4 cm³/mol. The first-order chi connectivity index (χ1) is 9.47. The van der Waals surface area contributed by atoms with E-state index in [0.29, 0.717) is 6.54 Å². The summed E-state index contributed by atoms with van der Waals surface area (Å²) in [5, 5.41) is 1.00. The Morgan fingerprint density at radius 3 is 2.55 bits per heavy atom. The molecule has 2 N–H and O–H groups in total. The molecule has 0 aliphatic heterocycles. The number of aryl methyl sites for hydroxylation is 2. The van der Waals surface area contributed by atoms with Gasteiger partial charge in [0, 0.05) is 18.1 Å². The van der Waals surface area contributed by atoms with Gasteiger partial charge in [-0.05, 0) is 19.4 Å². The number of hydrogen-bond acceptors (Lipinski definition) is 4. The van der Waals surface area contributed by atoms with Crippen LogP contribution < -0.4 is 5.73 Å². The first-order valence-electron chi connectivity index (χ1n) is 6.46. The molecule has 20 heavy (non-hydrogen) atoms. The lowest BCUT2D eigenvalue weighted by Gasteiger charge is -2.21. The monoisotopic (exact) mass is 289 g/mol. The lowest BCUT2D eigenvalue weighted by atomic mass is 10.0. The van der Waals surface area contributed by atoms with Crippen molar-refractivity contribution in [2.45, 2.75) is 26.4 Å². The summed E-state index contributed by atoms with van der Waals surface area (Å²) in [5.41, 5.74) is 8.04. The van der Waals surface area contributed by atoms with Crippen molar-refractivity contribution in [3.05, 3.63) is 51.5 Å². The third-order valence-corrected chi connectivity index (χ3v) is 4.04. The third kappa shape index (κ3) is 3.43. The van der Waals surface area contributed by atoms with Crippen molar-refractivity contribution in [2.75, 3.05) is 7.05 Å². The first-order valence-corrected chi connectivity index (χ1v) is 7.27. The quantitative estimate of drug-likeness (QED) is 0.940. The van der Waals surface area contributed by atoms with E-state index in [2.05, 4.69) is 4.98 Å². The van der Waals surface area contributed by atoms with Crippen molar-refractivity contribution >= 4 is 17.2 Å². The van der Waals surface area contributed by atoms with Gasteiger partial charge in [0.2, 0.25) is 5.91 Å². The maximum atomic E-state index is 12.3. The van der Waals surface area contributed by atoms with E-state index in [0.717, 1.165) is 21.0 Å². The molecule has 0 radical (unpaired) electrons. The molecule has 5 heteroatoms. The van der Waals surface area contributed by atoms with Crippen LogP contribution in [0.2, 0.25) is 0 Å². The van der Waals surface area contributed by atoms with Gasteiger partial charge in [-0.25, -0.2) is 4.98 Å². The van der Waals surface area contributed by atoms with Crippen LogP contribution in [-0.4, -0.2) is 22.8 Å². The standard InChI is InChI=1S/C15H19N3OS/c1-10-4-6-12(7-5-10)14(16)15(19)18(3)9-13-8-17-11(2)20-13/h4-8,14H,9,16H2,1-3H3. The zero-order valence-electron chi connectivity index (χ0n) is 12.0. The molecule has 0 fully saturated rings. The van der Waals surface area contributed by atoms with Crippen LogP contribution in [0.4, 0.5) is 0 Å². The molecule has 0 saturated carbocycles. The predicted octanol–water partition coefficient (Wildman–Crippen LogP) is 2.42. The lowest BCUT2D eigenvalue weighted by Crippen LogP contribution is -2.35. The van der Waals surface area contributed by atoms with Crippen LogP contribution in [0.15, 0.2) is 30.5 Å². The van der Waals surface area contributed by atoms with Crippen LogP contribution in [0.5, 0.6) is 0 Å². The molecule has 1 aromatic heterocycles. The molecular weight excluding hydrogens is 270 g/mol. The van der Waals surface area contributed by atoms with Gasteiger partial charge in [-0.2, -0.15) is 0 Å². The number of rotatable bonds is 4. The molecule has 0 saturated heterocycles. The number of hydrogen-bond donors (Lipinski definition) is 1. The van der Waals surface area contributed by atoms with Crippen LogP contribution in [0.3, 0.4) is 0 Å². The van der Waals surface area contributed by atoms with Gasteiger partial charge in [0.1, 0.15) is 6.04 Å². The highest BCUT2D eigenvalue weighted by Gasteiger charge is 2.20. The summed E-state index contributed by atoms with van der Waals surface area (Å²) in [5.74, 6) is -0.0834. The Hall–Kier alpha value is -1.72. The number of thiazole rings is 1. The molecule has 106 valence electrons. The van der Waals surface area contributed by atoms with Gasteiger partial charge in [-0.3, -0.25) is 4.79 Å². The maximum Gasteiger partial charge on any atom is 0.244 e. The average Bonchev–Trinajstić information content (AvgIpc) is 2.83. The van der Waals surface area contributed by atoms with E-state index in [-0.39, 0.29) is 5.91 Å². The lowest BCUT2D eigenvalue weighted by molar-refractivity contribution is -0.131. The number of carbonyl (C=O) groups excluding carboxylic acids is 1. The van der Waals surface area contributed by atoms with E-state index >= 15 is 0 Å². The Labute approximate surface area is 123 Å². The molecular formula is C15H19N3OS. The molecule has 0 aliphatic carbocycles. The molecule has 1 aromatic carbocycles. The number of amides is 1. The fraction of sp³-hybridized carbons (Fsp3) is 0.333. The zero-order valence-corrected chi connectivity index (χ0v) is 12.8. The highest BCUT2D eigenvalue weighted by molar-refractivity contribution is 7.11. The number of carbonyl (C=O) groups is 1. The summed E-state index contributed by atoms with van der Waals surface area (Å²) in [4.78, 5) is 19.2. The van der Waals surface area contributed by atoms with E-state index in [1.54, 1.807) is 29.5 Å². The van der Waals surface area contributed by atoms with Crippen LogP contribution in [-0.2, 0) is 11.3 Å². The van der Waals surface area contributed by atoms with Crippen LogP contribution in [0.25, 0.3) is 0 Å². The number of nitrogens with two attached hydrogens (primary N) is 1. The Kier molecular flexibility index (Phi) is 4.52. The Morgan fingerprint density at radius 2 is 2.00 bits per heavy atom. The van der Waals surface area contributed by atoms with Gasteiger partial charge in [-0.1, -0.05) is 29.8 Å². The van der Waals surface area contributed by atoms with Crippen LogP contribution >= 0.6 is 11.3 Å². The number of likely N-dealkylation sites (N-methyl/N-ethyl adjacent to an activating group) is 1. The minimum Gasteiger partial charge on any atom is -0.339 e. The number of nitrogens with zero attached hydrogens (tertiary/aromatic N) is 2. The maximum absolute atomic E-state index is 12.3. The zero-order chi connectivity index (χ0) is 14.7. The van der Waals surface area contributed by atoms with Crippen molar-refractivity contribution in [1.29, 1.82) is 0 Å². The summed E-state index contributed by atoms with van der Waals surface area (Å²) in [6.45, 7) is 4.51. The van der Waals surface area contributed by atoms with E-state index in [4.69, 9.17) is 5.73 Å². The highest BCUT2D eigenvalue weighted by Crippen LogP contribution is 2.17.